The van der Waals surface area contributed by atoms with E-state index in [1.807, 2.05) is 6.07 Å². The first-order chi connectivity index (χ1) is 9.20. The van der Waals surface area contributed by atoms with Crippen LogP contribution >= 0.6 is 11.6 Å². The number of nitrogens with zero attached hydrogens (tertiary/aromatic N) is 1. The Morgan fingerprint density at radius 1 is 1.32 bits per heavy atom. The lowest BCUT2D eigenvalue weighted by molar-refractivity contribution is 0.163. The Kier molecular flexibility index (Phi) is 5.61. The van der Waals surface area contributed by atoms with Gasteiger partial charge < -0.3 is 5.32 Å². The van der Waals surface area contributed by atoms with Crippen LogP contribution in [-0.2, 0) is 0 Å². The molecule has 0 aliphatic carbocycles. The first kappa shape index (κ1) is 14.8. The van der Waals surface area contributed by atoms with E-state index in [0.717, 1.165) is 51.0 Å². The molecule has 1 aromatic carbocycles. The van der Waals surface area contributed by atoms with Crippen molar-refractivity contribution in [3.8, 4) is 0 Å². The third-order valence-corrected chi connectivity index (χ3v) is 3.91. The maximum absolute atomic E-state index is 13.6. The van der Waals surface area contributed by atoms with E-state index in [2.05, 4.69) is 17.1 Å². The summed E-state index contributed by atoms with van der Waals surface area (Å²) in [7, 11) is 0. The molecule has 2 rings (SSSR count). The van der Waals surface area contributed by atoms with Crippen molar-refractivity contribution in [2.75, 3.05) is 26.2 Å². The predicted octanol–water partition coefficient (Wildman–Crippen LogP) is 3.62. The van der Waals surface area contributed by atoms with Crippen LogP contribution in [0.4, 0.5) is 4.39 Å². The van der Waals surface area contributed by atoms with Gasteiger partial charge in [-0.05, 0) is 30.2 Å². The van der Waals surface area contributed by atoms with Gasteiger partial charge in [-0.2, -0.15) is 0 Å². The van der Waals surface area contributed by atoms with E-state index < -0.39 is 0 Å². The van der Waals surface area contributed by atoms with Crippen molar-refractivity contribution in [2.24, 2.45) is 0 Å². The number of piperazine rings is 1. The van der Waals surface area contributed by atoms with Crippen molar-refractivity contribution in [1.82, 2.24) is 10.2 Å². The molecule has 106 valence electrons. The van der Waals surface area contributed by atoms with E-state index in [1.165, 1.54) is 6.07 Å². The smallest absolute Gasteiger partial charge is 0.125 e. The predicted molar refractivity (Wildman–Crippen MR) is 78.1 cm³/mol. The number of unbranched alkanes of at least 4 members (excludes halogenated alkanes) is 1. The summed E-state index contributed by atoms with van der Waals surface area (Å²) in [6.07, 6.45) is 3.38. The van der Waals surface area contributed by atoms with Crippen molar-refractivity contribution >= 4 is 11.6 Å². The van der Waals surface area contributed by atoms with Crippen LogP contribution in [0.1, 0.15) is 37.8 Å². The zero-order chi connectivity index (χ0) is 13.7. The summed E-state index contributed by atoms with van der Waals surface area (Å²) in [5, 5.41) is 3.85. The molecule has 1 aliphatic rings. The molecule has 0 saturated carbocycles. The molecule has 0 bridgehead atoms. The fourth-order valence-corrected chi connectivity index (χ4v) is 2.95. The second-order valence-corrected chi connectivity index (χ2v) is 5.58. The monoisotopic (exact) mass is 284 g/mol. The van der Waals surface area contributed by atoms with Crippen LogP contribution in [0.3, 0.4) is 0 Å². The van der Waals surface area contributed by atoms with Crippen LogP contribution in [0.25, 0.3) is 0 Å². The maximum Gasteiger partial charge on any atom is 0.125 e. The molecular weight excluding hydrogens is 263 g/mol. The quantitative estimate of drug-likeness (QED) is 0.888. The third kappa shape index (κ3) is 4.16. The Morgan fingerprint density at radius 2 is 2.05 bits per heavy atom. The molecule has 0 aromatic heterocycles. The van der Waals surface area contributed by atoms with E-state index >= 15 is 0 Å². The van der Waals surface area contributed by atoms with Crippen LogP contribution in [0, 0.1) is 5.82 Å². The Labute approximate surface area is 119 Å². The van der Waals surface area contributed by atoms with Crippen LogP contribution in [0.5, 0.6) is 0 Å². The van der Waals surface area contributed by atoms with E-state index in [4.69, 9.17) is 11.6 Å². The van der Waals surface area contributed by atoms with Crippen molar-refractivity contribution in [3.63, 3.8) is 0 Å². The molecule has 1 aromatic rings. The highest BCUT2D eigenvalue weighted by atomic mass is 35.5. The van der Waals surface area contributed by atoms with Gasteiger partial charge in [0, 0.05) is 37.2 Å². The summed E-state index contributed by atoms with van der Waals surface area (Å²) >= 11 is 6.00. The summed E-state index contributed by atoms with van der Waals surface area (Å²) in [6.45, 7) is 6.23. The lowest BCUT2D eigenvalue weighted by atomic mass is 9.98. The van der Waals surface area contributed by atoms with Crippen LogP contribution < -0.4 is 5.32 Å². The highest BCUT2D eigenvalue weighted by molar-refractivity contribution is 6.30. The molecule has 4 heteroatoms. The highest BCUT2D eigenvalue weighted by Crippen LogP contribution is 2.29. The van der Waals surface area contributed by atoms with Crippen molar-refractivity contribution < 1.29 is 4.39 Å². The summed E-state index contributed by atoms with van der Waals surface area (Å²) in [6, 6.07) is 5.20. The lowest BCUT2D eigenvalue weighted by Crippen LogP contribution is -2.45. The van der Waals surface area contributed by atoms with Gasteiger partial charge >= 0.3 is 0 Å². The molecule has 19 heavy (non-hydrogen) atoms. The van der Waals surface area contributed by atoms with Gasteiger partial charge in [-0.25, -0.2) is 4.39 Å². The van der Waals surface area contributed by atoms with Gasteiger partial charge in [0.25, 0.3) is 0 Å². The topological polar surface area (TPSA) is 15.3 Å². The largest absolute Gasteiger partial charge is 0.314 e. The normalized spacial score (nSPS) is 18.5. The van der Waals surface area contributed by atoms with E-state index in [0.29, 0.717) is 5.02 Å². The molecule has 1 aliphatic heterocycles. The van der Waals surface area contributed by atoms with Gasteiger partial charge in [0.15, 0.2) is 0 Å². The number of hydrogen-bond donors (Lipinski definition) is 1. The molecule has 0 spiro atoms. The molecule has 1 saturated heterocycles. The summed E-state index contributed by atoms with van der Waals surface area (Å²) in [4.78, 5) is 2.44. The van der Waals surface area contributed by atoms with Gasteiger partial charge in [0.1, 0.15) is 5.82 Å². The maximum atomic E-state index is 13.6. The first-order valence-electron chi connectivity index (χ1n) is 7.11. The Bertz CT molecular complexity index is 385. The van der Waals surface area contributed by atoms with Crippen molar-refractivity contribution in [3.05, 3.63) is 34.6 Å². The van der Waals surface area contributed by atoms with Gasteiger partial charge in [-0.3, -0.25) is 4.90 Å². The van der Waals surface area contributed by atoms with Crippen LogP contribution in [0.15, 0.2) is 18.2 Å². The molecule has 1 N–H and O–H groups in total. The minimum atomic E-state index is -0.237. The van der Waals surface area contributed by atoms with Crippen LogP contribution in [0.2, 0.25) is 5.02 Å². The van der Waals surface area contributed by atoms with E-state index in [1.54, 1.807) is 6.07 Å². The zero-order valence-corrected chi connectivity index (χ0v) is 12.2. The van der Waals surface area contributed by atoms with Gasteiger partial charge in [0.05, 0.1) is 0 Å². The molecule has 1 atom stereocenters. The van der Waals surface area contributed by atoms with Crippen LogP contribution in [-0.4, -0.2) is 31.1 Å². The average Bonchev–Trinajstić information content (AvgIpc) is 2.39. The second kappa shape index (κ2) is 7.22. The Balaban J connectivity index is 2.19. The minimum absolute atomic E-state index is 0.237. The molecule has 1 heterocycles. The molecular formula is C15H22ClFN2. The van der Waals surface area contributed by atoms with E-state index in [-0.39, 0.29) is 11.9 Å². The summed E-state index contributed by atoms with van der Waals surface area (Å²) in [5.74, 6) is -0.237. The van der Waals surface area contributed by atoms with E-state index in [9.17, 15) is 4.39 Å². The molecule has 2 nitrogen and oxygen atoms in total. The molecule has 0 amide bonds. The first-order valence-corrected chi connectivity index (χ1v) is 7.49. The fourth-order valence-electron chi connectivity index (χ4n) is 2.72. The Hall–Kier alpha value is -0.640. The number of rotatable bonds is 5. The minimum Gasteiger partial charge on any atom is -0.314 e. The highest BCUT2D eigenvalue weighted by Gasteiger charge is 2.22. The Morgan fingerprint density at radius 3 is 2.68 bits per heavy atom. The number of hydrogen-bond acceptors (Lipinski definition) is 2. The molecule has 0 unspecified atom stereocenters. The standard InChI is InChI=1S/C15H22ClFN2/c1-2-3-4-15(19-7-5-18-6-8-19)12-9-13(16)11-14(17)10-12/h9-11,15,18H,2-8H2,1H3/t15-/m1/s1. The summed E-state index contributed by atoms with van der Waals surface area (Å²) in [5.41, 5.74) is 1.01. The van der Waals surface area contributed by atoms with Gasteiger partial charge in [0.2, 0.25) is 0 Å². The van der Waals surface area contributed by atoms with Crippen molar-refractivity contribution in [1.29, 1.82) is 0 Å². The SMILES string of the molecule is CCCC[C@H](c1cc(F)cc(Cl)c1)N1CCNCC1. The lowest BCUT2D eigenvalue weighted by Gasteiger charge is -2.35. The van der Waals surface area contributed by atoms with Gasteiger partial charge in [-0.15, -0.1) is 0 Å². The second-order valence-electron chi connectivity index (χ2n) is 5.15. The summed E-state index contributed by atoms with van der Waals surface area (Å²) < 4.78 is 13.6. The zero-order valence-electron chi connectivity index (χ0n) is 11.5. The third-order valence-electron chi connectivity index (χ3n) is 3.69. The number of halogens is 2. The number of nitrogens with one attached hydrogen (secondary N) is 1. The molecule has 0 radical (unpaired) electrons. The fraction of sp³-hybridized carbons (Fsp3) is 0.600. The average molecular weight is 285 g/mol. The van der Waals surface area contributed by atoms with Crippen molar-refractivity contribution in [2.45, 2.75) is 32.2 Å². The number of benzene rings is 1. The molecule has 1 fully saturated rings. The van der Waals surface area contributed by atoms with Gasteiger partial charge in [-0.1, -0.05) is 31.4 Å².